The first-order chi connectivity index (χ1) is 15.1. The number of aromatic nitrogens is 3. The number of anilines is 2. The molecule has 0 saturated carbocycles. The first kappa shape index (κ1) is 22.5. The molecule has 13 heteroatoms. The number of hydrogen-bond donors (Lipinski definition) is 1. The van der Waals surface area contributed by atoms with Crippen molar-refractivity contribution in [2.75, 3.05) is 17.2 Å². The summed E-state index contributed by atoms with van der Waals surface area (Å²) in [6.45, 7) is 1.41. The maximum atomic E-state index is 12.9. The highest BCUT2D eigenvalue weighted by Crippen LogP contribution is 2.36. The fourth-order valence-electron chi connectivity index (χ4n) is 2.86. The molecule has 1 amide bonds. The van der Waals surface area contributed by atoms with Crippen molar-refractivity contribution in [3.05, 3.63) is 70.0 Å². The molecule has 168 valence electrons. The van der Waals surface area contributed by atoms with E-state index in [1.165, 1.54) is 0 Å². The summed E-state index contributed by atoms with van der Waals surface area (Å²) in [6, 6.07) is 10.3. The Bertz CT molecular complexity index is 1130. The van der Waals surface area contributed by atoms with E-state index in [1.54, 1.807) is 37.3 Å². The molecule has 0 atom stereocenters. The van der Waals surface area contributed by atoms with E-state index in [0.29, 0.717) is 11.6 Å². The van der Waals surface area contributed by atoms with E-state index in [-0.39, 0.29) is 24.7 Å². The normalized spacial score (nSPS) is 11.2. The van der Waals surface area contributed by atoms with Gasteiger partial charge in [0, 0.05) is 12.3 Å². The van der Waals surface area contributed by atoms with Gasteiger partial charge in [0.15, 0.2) is 11.5 Å². The van der Waals surface area contributed by atoms with Crippen LogP contribution in [0.4, 0.5) is 35.2 Å². The third-order valence-corrected chi connectivity index (χ3v) is 4.25. The van der Waals surface area contributed by atoms with Gasteiger partial charge in [-0.2, -0.15) is 18.3 Å². The molecule has 0 aliphatic rings. The number of pyridine rings is 1. The van der Waals surface area contributed by atoms with Crippen LogP contribution in [0.25, 0.3) is 5.82 Å². The molecule has 10 nitrogen and oxygen atoms in total. The molecule has 0 saturated heterocycles. The van der Waals surface area contributed by atoms with Crippen molar-refractivity contribution in [2.45, 2.75) is 19.6 Å². The first-order valence-corrected chi connectivity index (χ1v) is 9.18. The van der Waals surface area contributed by atoms with Crippen LogP contribution in [0.2, 0.25) is 0 Å². The highest BCUT2D eigenvalue weighted by molar-refractivity contribution is 5.93. The summed E-state index contributed by atoms with van der Waals surface area (Å²) in [5.74, 6) is -0.852. The van der Waals surface area contributed by atoms with E-state index in [0.717, 1.165) is 21.8 Å². The highest BCUT2D eigenvalue weighted by Gasteiger charge is 2.35. The monoisotopic (exact) mass is 450 g/mol. The summed E-state index contributed by atoms with van der Waals surface area (Å²) in [5.41, 5.74) is 4.19. The molecule has 0 unspecified atom stereocenters. The molecular formula is C19H17F3N6O4. The number of nitrogens with zero attached hydrogens (tertiary/aromatic N) is 5. The van der Waals surface area contributed by atoms with Gasteiger partial charge in [0.25, 0.3) is 0 Å². The van der Waals surface area contributed by atoms with E-state index in [4.69, 9.17) is 10.5 Å². The number of hydrogen-bond acceptors (Lipinski definition) is 7. The van der Waals surface area contributed by atoms with Crippen molar-refractivity contribution in [3.63, 3.8) is 0 Å². The van der Waals surface area contributed by atoms with E-state index >= 15 is 0 Å². The number of nitro groups is 1. The van der Waals surface area contributed by atoms with Gasteiger partial charge in [0.2, 0.25) is 5.82 Å². The second-order valence-electron chi connectivity index (χ2n) is 6.40. The molecule has 2 N–H and O–H groups in total. The second-order valence-corrected chi connectivity index (χ2v) is 6.40. The van der Waals surface area contributed by atoms with Gasteiger partial charge >= 0.3 is 18.0 Å². The molecule has 0 spiro atoms. The molecule has 2 aromatic heterocycles. The van der Waals surface area contributed by atoms with E-state index < -0.39 is 34.4 Å². The summed E-state index contributed by atoms with van der Waals surface area (Å²) >= 11 is 0. The minimum Gasteiger partial charge on any atom is -0.449 e. The van der Waals surface area contributed by atoms with Gasteiger partial charge in [0.1, 0.15) is 5.69 Å². The SMILES string of the molecule is CCOC(=O)N(Cc1ccccc1)c1cc(-n2ccc(C(F)(F)F)n2)nc(N)c1[N+](=O)[O-]. The Morgan fingerprint density at radius 2 is 1.97 bits per heavy atom. The summed E-state index contributed by atoms with van der Waals surface area (Å²) in [5, 5.41) is 15.1. The standard InChI is InChI=1S/C19H17F3N6O4/c1-2-32-18(29)26(11-12-6-4-3-5-7-12)13-10-15(24-17(23)16(13)28(30)31)27-9-8-14(25-27)19(20,21)22/h3-10H,2,11H2,1H3,(H2,23,24). The van der Waals surface area contributed by atoms with Crippen LogP contribution < -0.4 is 10.6 Å². The molecule has 0 fully saturated rings. The summed E-state index contributed by atoms with van der Waals surface area (Å²) in [4.78, 5) is 28.3. The minimum atomic E-state index is -4.70. The number of amides is 1. The largest absolute Gasteiger partial charge is 0.449 e. The fourth-order valence-corrected chi connectivity index (χ4v) is 2.86. The van der Waals surface area contributed by atoms with Crippen molar-refractivity contribution >= 4 is 23.3 Å². The fraction of sp³-hybridized carbons (Fsp3) is 0.211. The lowest BCUT2D eigenvalue weighted by Gasteiger charge is -2.22. The Morgan fingerprint density at radius 1 is 1.28 bits per heavy atom. The number of carbonyl (C=O) groups excluding carboxylic acids is 1. The molecule has 1 aromatic carbocycles. The van der Waals surface area contributed by atoms with Gasteiger partial charge in [-0.3, -0.25) is 15.0 Å². The quantitative estimate of drug-likeness (QED) is 0.445. The number of alkyl halides is 3. The van der Waals surface area contributed by atoms with Crippen LogP contribution in [0.15, 0.2) is 48.7 Å². The molecule has 3 rings (SSSR count). The molecule has 3 aromatic rings. The first-order valence-electron chi connectivity index (χ1n) is 9.18. The van der Waals surface area contributed by atoms with Crippen molar-refractivity contribution in [2.24, 2.45) is 0 Å². The van der Waals surface area contributed by atoms with Gasteiger partial charge < -0.3 is 10.5 Å². The molecule has 0 aliphatic heterocycles. The molecule has 0 radical (unpaired) electrons. The predicted molar refractivity (Wildman–Crippen MR) is 107 cm³/mol. The van der Waals surface area contributed by atoms with Gasteiger partial charge in [-0.15, -0.1) is 0 Å². The molecular weight excluding hydrogens is 433 g/mol. The average Bonchev–Trinajstić information content (AvgIpc) is 3.23. The predicted octanol–water partition coefficient (Wildman–Crippen LogP) is 3.94. The van der Waals surface area contributed by atoms with Crippen LogP contribution in [0.5, 0.6) is 0 Å². The average molecular weight is 450 g/mol. The van der Waals surface area contributed by atoms with E-state index in [9.17, 15) is 28.1 Å². The second kappa shape index (κ2) is 8.91. The number of halogens is 3. The topological polar surface area (TPSA) is 129 Å². The van der Waals surface area contributed by atoms with Crippen molar-refractivity contribution in [1.82, 2.24) is 14.8 Å². The van der Waals surface area contributed by atoms with E-state index in [1.807, 2.05) is 0 Å². The van der Waals surface area contributed by atoms with Crippen LogP contribution in [0.3, 0.4) is 0 Å². The Labute approximate surface area is 179 Å². The minimum absolute atomic E-state index is 0.0144. The van der Waals surface area contributed by atoms with Gasteiger partial charge in [-0.25, -0.2) is 14.5 Å². The molecule has 2 heterocycles. The van der Waals surface area contributed by atoms with Crippen molar-refractivity contribution < 1.29 is 27.6 Å². The van der Waals surface area contributed by atoms with Crippen LogP contribution in [-0.4, -0.2) is 32.4 Å². The summed E-state index contributed by atoms with van der Waals surface area (Å²) in [7, 11) is 0. The number of ether oxygens (including phenoxy) is 1. The van der Waals surface area contributed by atoms with Crippen LogP contribution in [-0.2, 0) is 17.5 Å². The van der Waals surface area contributed by atoms with E-state index in [2.05, 4.69) is 10.1 Å². The van der Waals surface area contributed by atoms with Crippen LogP contribution in [0.1, 0.15) is 18.2 Å². The molecule has 0 aliphatic carbocycles. The maximum Gasteiger partial charge on any atom is 0.435 e. The number of benzene rings is 1. The van der Waals surface area contributed by atoms with Gasteiger partial charge in [-0.1, -0.05) is 30.3 Å². The third kappa shape index (κ3) is 4.77. The van der Waals surface area contributed by atoms with Crippen LogP contribution >= 0.6 is 0 Å². The smallest absolute Gasteiger partial charge is 0.435 e. The Hall–Kier alpha value is -4.16. The number of nitrogen functional groups attached to an aromatic ring is 1. The van der Waals surface area contributed by atoms with Gasteiger partial charge in [0.05, 0.1) is 18.1 Å². The third-order valence-electron chi connectivity index (χ3n) is 4.25. The molecule has 0 bridgehead atoms. The molecule has 32 heavy (non-hydrogen) atoms. The Morgan fingerprint density at radius 3 is 2.53 bits per heavy atom. The maximum absolute atomic E-state index is 12.9. The Kier molecular flexibility index (Phi) is 6.27. The lowest BCUT2D eigenvalue weighted by molar-refractivity contribution is -0.383. The number of nitrogens with two attached hydrogens (primary N) is 1. The zero-order valence-electron chi connectivity index (χ0n) is 16.6. The van der Waals surface area contributed by atoms with Gasteiger partial charge in [-0.05, 0) is 18.6 Å². The zero-order chi connectivity index (χ0) is 23.5. The highest BCUT2D eigenvalue weighted by atomic mass is 19.4. The lowest BCUT2D eigenvalue weighted by Crippen LogP contribution is -2.32. The van der Waals surface area contributed by atoms with Crippen molar-refractivity contribution in [1.29, 1.82) is 0 Å². The summed E-state index contributed by atoms with van der Waals surface area (Å²) in [6.07, 6.45) is -4.64. The van der Waals surface area contributed by atoms with Crippen LogP contribution in [0, 0.1) is 10.1 Å². The Balaban J connectivity index is 2.16. The number of rotatable bonds is 6. The zero-order valence-corrected chi connectivity index (χ0v) is 16.6. The van der Waals surface area contributed by atoms with Crippen molar-refractivity contribution in [3.8, 4) is 5.82 Å². The number of carbonyl (C=O) groups is 1. The summed E-state index contributed by atoms with van der Waals surface area (Å²) < 4.78 is 44.6. The lowest BCUT2D eigenvalue weighted by atomic mass is 10.2.